The first-order valence-corrected chi connectivity index (χ1v) is 7.01. The highest BCUT2D eigenvalue weighted by molar-refractivity contribution is 6.00. The molecule has 0 radical (unpaired) electrons. The van der Waals surface area contributed by atoms with Gasteiger partial charge in [-0.3, -0.25) is 4.79 Å². The van der Waals surface area contributed by atoms with Gasteiger partial charge in [0.2, 0.25) is 0 Å². The van der Waals surface area contributed by atoms with Crippen molar-refractivity contribution in [2.45, 2.75) is 6.42 Å². The summed E-state index contributed by atoms with van der Waals surface area (Å²) >= 11 is 0. The Balaban J connectivity index is 2.03. The Morgan fingerprint density at radius 1 is 1.50 bits per heavy atom. The number of hydrogen-bond donors (Lipinski definition) is 2. The Bertz CT molecular complexity index is 487. The Hall–Kier alpha value is -1.75. The molecular weight excluding hydrogens is 252 g/mol. The second-order valence-corrected chi connectivity index (χ2v) is 5.80. The molecule has 0 aliphatic carbocycles. The molecular formula is C15H24N4O. The van der Waals surface area contributed by atoms with Gasteiger partial charge in [-0.25, -0.2) is 0 Å². The lowest BCUT2D eigenvalue weighted by atomic mass is 10.1. The molecule has 1 amide bonds. The SMILES string of the molecule is CN1CCC(CNC(=O)c2cc(N)ccc2N(C)C)C1. The lowest BCUT2D eigenvalue weighted by Gasteiger charge is -2.18. The maximum atomic E-state index is 12.4. The molecule has 0 bridgehead atoms. The molecule has 5 heteroatoms. The molecule has 1 aliphatic heterocycles. The van der Waals surface area contributed by atoms with Gasteiger partial charge in [0.05, 0.1) is 5.56 Å². The van der Waals surface area contributed by atoms with E-state index in [9.17, 15) is 4.79 Å². The smallest absolute Gasteiger partial charge is 0.253 e. The maximum absolute atomic E-state index is 12.4. The van der Waals surface area contributed by atoms with Gasteiger partial charge in [-0.1, -0.05) is 0 Å². The Morgan fingerprint density at radius 3 is 2.85 bits per heavy atom. The van der Waals surface area contributed by atoms with E-state index in [1.54, 1.807) is 6.07 Å². The summed E-state index contributed by atoms with van der Waals surface area (Å²) in [4.78, 5) is 16.6. The van der Waals surface area contributed by atoms with E-state index < -0.39 is 0 Å². The Morgan fingerprint density at radius 2 is 2.25 bits per heavy atom. The van der Waals surface area contributed by atoms with Crippen molar-refractivity contribution in [3.05, 3.63) is 23.8 Å². The van der Waals surface area contributed by atoms with Crippen molar-refractivity contribution >= 4 is 17.3 Å². The number of likely N-dealkylation sites (tertiary alicyclic amines) is 1. The van der Waals surface area contributed by atoms with Crippen LogP contribution < -0.4 is 16.0 Å². The van der Waals surface area contributed by atoms with Crippen LogP contribution in [0, 0.1) is 5.92 Å². The summed E-state index contributed by atoms with van der Waals surface area (Å²) in [5.74, 6) is 0.503. The molecule has 2 rings (SSSR count). The average molecular weight is 276 g/mol. The fourth-order valence-electron chi connectivity index (χ4n) is 2.65. The average Bonchev–Trinajstić information content (AvgIpc) is 2.81. The van der Waals surface area contributed by atoms with Gasteiger partial charge in [0, 0.05) is 38.6 Å². The molecule has 1 saturated heterocycles. The number of nitrogens with zero attached hydrogens (tertiary/aromatic N) is 2. The highest BCUT2D eigenvalue weighted by Crippen LogP contribution is 2.21. The number of amides is 1. The Labute approximate surface area is 120 Å². The number of nitrogen functional groups attached to an aromatic ring is 1. The first-order valence-electron chi connectivity index (χ1n) is 7.01. The molecule has 1 aromatic carbocycles. The highest BCUT2D eigenvalue weighted by atomic mass is 16.1. The van der Waals surface area contributed by atoms with Gasteiger partial charge in [-0.2, -0.15) is 0 Å². The van der Waals surface area contributed by atoms with E-state index in [0.717, 1.165) is 31.7 Å². The van der Waals surface area contributed by atoms with E-state index in [4.69, 9.17) is 5.73 Å². The molecule has 0 spiro atoms. The monoisotopic (exact) mass is 276 g/mol. The molecule has 1 fully saturated rings. The van der Waals surface area contributed by atoms with Gasteiger partial charge in [-0.05, 0) is 44.1 Å². The zero-order valence-corrected chi connectivity index (χ0v) is 12.5. The van der Waals surface area contributed by atoms with Gasteiger partial charge < -0.3 is 20.9 Å². The topological polar surface area (TPSA) is 61.6 Å². The van der Waals surface area contributed by atoms with Crippen molar-refractivity contribution in [3.63, 3.8) is 0 Å². The van der Waals surface area contributed by atoms with Crippen LogP contribution in [0.4, 0.5) is 11.4 Å². The maximum Gasteiger partial charge on any atom is 0.253 e. The first-order chi connectivity index (χ1) is 9.47. The molecule has 3 N–H and O–H groups in total. The summed E-state index contributed by atoms with van der Waals surface area (Å²) in [5, 5.41) is 3.04. The van der Waals surface area contributed by atoms with Gasteiger partial charge in [0.15, 0.2) is 0 Å². The standard InChI is InChI=1S/C15H24N4O/c1-18(2)14-5-4-12(16)8-13(14)15(20)17-9-11-6-7-19(3)10-11/h4-5,8,11H,6-7,9-10,16H2,1-3H3,(H,17,20). The number of carbonyl (C=O) groups excluding carboxylic acids is 1. The van der Waals surface area contributed by atoms with Crippen LogP contribution >= 0.6 is 0 Å². The number of carbonyl (C=O) groups is 1. The molecule has 1 unspecified atom stereocenters. The third-order valence-electron chi connectivity index (χ3n) is 3.79. The minimum absolute atomic E-state index is 0.0458. The van der Waals surface area contributed by atoms with Crippen molar-refractivity contribution in [2.24, 2.45) is 5.92 Å². The molecule has 5 nitrogen and oxygen atoms in total. The van der Waals surface area contributed by atoms with Crippen LogP contribution in [0.3, 0.4) is 0 Å². The van der Waals surface area contributed by atoms with Gasteiger partial charge in [0.1, 0.15) is 0 Å². The van der Waals surface area contributed by atoms with Crippen LogP contribution in [0.2, 0.25) is 0 Å². The number of nitrogens with one attached hydrogen (secondary N) is 1. The lowest BCUT2D eigenvalue weighted by molar-refractivity contribution is 0.0948. The third kappa shape index (κ3) is 3.42. The highest BCUT2D eigenvalue weighted by Gasteiger charge is 2.21. The van der Waals surface area contributed by atoms with Crippen LogP contribution in [0.15, 0.2) is 18.2 Å². The third-order valence-corrected chi connectivity index (χ3v) is 3.79. The summed E-state index contributed by atoms with van der Waals surface area (Å²) in [5.41, 5.74) is 7.94. The van der Waals surface area contributed by atoms with Crippen LogP contribution in [-0.4, -0.2) is 51.6 Å². The fraction of sp³-hybridized carbons (Fsp3) is 0.533. The number of anilines is 2. The van der Waals surface area contributed by atoms with Crippen LogP contribution in [0.5, 0.6) is 0 Å². The van der Waals surface area contributed by atoms with E-state index in [1.807, 2.05) is 31.1 Å². The minimum atomic E-state index is -0.0458. The lowest BCUT2D eigenvalue weighted by Crippen LogP contribution is -2.31. The number of hydrogen-bond acceptors (Lipinski definition) is 4. The van der Waals surface area contributed by atoms with E-state index in [0.29, 0.717) is 17.2 Å². The molecule has 110 valence electrons. The quantitative estimate of drug-likeness (QED) is 0.806. The van der Waals surface area contributed by atoms with Crippen molar-refractivity contribution in [2.75, 3.05) is 51.4 Å². The summed E-state index contributed by atoms with van der Waals surface area (Å²) < 4.78 is 0. The molecule has 1 heterocycles. The summed E-state index contributed by atoms with van der Waals surface area (Å²) in [6, 6.07) is 5.44. The van der Waals surface area contributed by atoms with Crippen LogP contribution in [0.1, 0.15) is 16.8 Å². The van der Waals surface area contributed by atoms with E-state index in [2.05, 4.69) is 17.3 Å². The van der Waals surface area contributed by atoms with Crippen LogP contribution in [0.25, 0.3) is 0 Å². The predicted molar refractivity (Wildman–Crippen MR) is 83.1 cm³/mol. The van der Waals surface area contributed by atoms with Gasteiger partial charge in [-0.15, -0.1) is 0 Å². The predicted octanol–water partition coefficient (Wildman–Crippen LogP) is 1.02. The van der Waals surface area contributed by atoms with Crippen LogP contribution in [-0.2, 0) is 0 Å². The second kappa shape index (κ2) is 6.13. The normalized spacial score (nSPS) is 19.1. The summed E-state index contributed by atoms with van der Waals surface area (Å²) in [6.45, 7) is 2.89. The largest absolute Gasteiger partial charge is 0.399 e. The van der Waals surface area contributed by atoms with Gasteiger partial charge in [0.25, 0.3) is 5.91 Å². The molecule has 1 aromatic rings. The Kier molecular flexibility index (Phi) is 4.49. The first kappa shape index (κ1) is 14.7. The molecule has 1 aliphatic rings. The number of nitrogens with two attached hydrogens (primary N) is 1. The van der Waals surface area contributed by atoms with Crippen molar-refractivity contribution in [3.8, 4) is 0 Å². The second-order valence-electron chi connectivity index (χ2n) is 5.80. The van der Waals surface area contributed by atoms with E-state index >= 15 is 0 Å². The number of rotatable bonds is 4. The zero-order chi connectivity index (χ0) is 14.7. The number of benzene rings is 1. The molecule has 1 atom stereocenters. The molecule has 20 heavy (non-hydrogen) atoms. The van der Waals surface area contributed by atoms with Gasteiger partial charge >= 0.3 is 0 Å². The van der Waals surface area contributed by atoms with Crippen molar-refractivity contribution < 1.29 is 4.79 Å². The fourth-order valence-corrected chi connectivity index (χ4v) is 2.65. The van der Waals surface area contributed by atoms with Crippen molar-refractivity contribution in [1.82, 2.24) is 10.2 Å². The van der Waals surface area contributed by atoms with E-state index in [-0.39, 0.29) is 5.91 Å². The minimum Gasteiger partial charge on any atom is -0.399 e. The molecule has 0 saturated carbocycles. The van der Waals surface area contributed by atoms with E-state index in [1.165, 1.54) is 0 Å². The summed E-state index contributed by atoms with van der Waals surface area (Å²) in [7, 11) is 5.96. The van der Waals surface area contributed by atoms with Crippen molar-refractivity contribution in [1.29, 1.82) is 0 Å². The zero-order valence-electron chi connectivity index (χ0n) is 12.5. The molecule has 0 aromatic heterocycles. The summed E-state index contributed by atoms with van der Waals surface area (Å²) in [6.07, 6.45) is 1.15.